The Morgan fingerprint density at radius 2 is 1.76 bits per heavy atom. The predicted octanol–water partition coefficient (Wildman–Crippen LogP) is 5.50. The van der Waals surface area contributed by atoms with Crippen molar-refractivity contribution >= 4 is 40.3 Å². The van der Waals surface area contributed by atoms with Crippen LogP contribution >= 0.6 is 0 Å². The van der Waals surface area contributed by atoms with E-state index < -0.39 is 0 Å². The number of ether oxygens (including phenoxy) is 1. The van der Waals surface area contributed by atoms with Gasteiger partial charge in [-0.05, 0) is 56.4 Å². The fraction of sp³-hybridized carbons (Fsp3) is 0.345. The number of benzene rings is 2. The summed E-state index contributed by atoms with van der Waals surface area (Å²) in [6.07, 6.45) is 3.00. The molecule has 1 amide bonds. The van der Waals surface area contributed by atoms with E-state index in [4.69, 9.17) is 4.74 Å². The smallest absolute Gasteiger partial charge is 0.260 e. The number of nitrogens with zero attached hydrogens (tertiary/aromatic N) is 4. The third-order valence-electron chi connectivity index (χ3n) is 6.94. The fourth-order valence-corrected chi connectivity index (χ4v) is 4.66. The number of aromatic nitrogens is 1. The zero-order chi connectivity index (χ0) is 26.5. The number of methoxy groups -OCH3 is 1. The fourth-order valence-electron chi connectivity index (χ4n) is 4.66. The van der Waals surface area contributed by atoms with Crippen molar-refractivity contribution in [2.24, 2.45) is 0 Å². The maximum atomic E-state index is 13.1. The highest BCUT2D eigenvalue weighted by molar-refractivity contribution is 6.13. The van der Waals surface area contributed by atoms with Gasteiger partial charge in [0.1, 0.15) is 11.6 Å². The van der Waals surface area contributed by atoms with E-state index in [0.29, 0.717) is 40.5 Å². The van der Waals surface area contributed by atoms with Crippen molar-refractivity contribution < 1.29 is 14.3 Å². The molecule has 8 nitrogen and oxygen atoms in total. The molecule has 0 atom stereocenters. The number of Topliss-reactive ketones (excluding diaryl/α,β-unsaturated/α-hetero) is 1. The number of ketones is 1. The molecule has 0 spiro atoms. The van der Waals surface area contributed by atoms with Crippen molar-refractivity contribution in [1.82, 2.24) is 9.88 Å². The number of para-hydroxylation sites is 1. The number of amides is 1. The van der Waals surface area contributed by atoms with Gasteiger partial charge in [-0.3, -0.25) is 9.59 Å². The summed E-state index contributed by atoms with van der Waals surface area (Å²) in [6.45, 7) is 7.15. The Balaban J connectivity index is 1.60. The Kier molecular flexibility index (Phi) is 8.08. The van der Waals surface area contributed by atoms with E-state index in [1.54, 1.807) is 37.4 Å². The summed E-state index contributed by atoms with van der Waals surface area (Å²) in [4.78, 5) is 36.5. The molecule has 0 bridgehead atoms. The van der Waals surface area contributed by atoms with Crippen molar-refractivity contribution in [2.75, 3.05) is 56.0 Å². The van der Waals surface area contributed by atoms with Crippen LogP contribution in [0.2, 0.25) is 0 Å². The Morgan fingerprint density at radius 1 is 1.00 bits per heavy atom. The molecule has 0 aliphatic carbocycles. The quantitative estimate of drug-likeness (QED) is 0.368. The van der Waals surface area contributed by atoms with Gasteiger partial charge in [-0.25, -0.2) is 4.98 Å². The standard InChI is InChI=1S/C29H35N5O3/c1-6-34(7-2)16-10-13-26(35)20-14-15-27(37-5)22(17-20)31-28-18-24-25(19-30-28)33(4)29(36)21-11-8-9-12-23(21)32(24)3/h8-9,11-12,14-15,17-19H,6-7,10,13,16H2,1-5H3,(H,30,31). The second-order valence-electron chi connectivity index (χ2n) is 9.09. The average molecular weight is 502 g/mol. The van der Waals surface area contributed by atoms with Gasteiger partial charge in [-0.2, -0.15) is 0 Å². The Labute approximate surface area is 218 Å². The number of carbonyl (C=O) groups excluding carboxylic acids is 2. The van der Waals surface area contributed by atoms with Crippen LogP contribution in [-0.2, 0) is 0 Å². The first-order valence-electron chi connectivity index (χ1n) is 12.7. The largest absolute Gasteiger partial charge is 0.495 e. The van der Waals surface area contributed by atoms with Crippen LogP contribution in [0.3, 0.4) is 0 Å². The molecule has 4 rings (SSSR count). The summed E-state index contributed by atoms with van der Waals surface area (Å²) < 4.78 is 5.55. The van der Waals surface area contributed by atoms with Gasteiger partial charge in [0.25, 0.3) is 5.91 Å². The zero-order valence-electron chi connectivity index (χ0n) is 22.2. The second kappa shape index (κ2) is 11.4. The SMILES string of the molecule is CCN(CC)CCCC(=O)c1ccc(OC)c(Nc2cc3c(cn2)N(C)C(=O)c2ccccc2N3C)c1. The Morgan fingerprint density at radius 3 is 2.49 bits per heavy atom. The Hall–Kier alpha value is -3.91. The maximum Gasteiger partial charge on any atom is 0.260 e. The van der Waals surface area contributed by atoms with E-state index >= 15 is 0 Å². The lowest BCUT2D eigenvalue weighted by molar-refractivity contribution is 0.0972. The highest BCUT2D eigenvalue weighted by atomic mass is 16.5. The van der Waals surface area contributed by atoms with Gasteiger partial charge < -0.3 is 24.8 Å². The topological polar surface area (TPSA) is 78.0 Å². The molecule has 0 saturated carbocycles. The molecular weight excluding hydrogens is 466 g/mol. The first kappa shape index (κ1) is 26.2. The summed E-state index contributed by atoms with van der Waals surface area (Å²) in [6, 6.07) is 14.9. The molecular formula is C29H35N5O3. The lowest BCUT2D eigenvalue weighted by Crippen LogP contribution is -2.25. The van der Waals surface area contributed by atoms with Crippen LogP contribution in [0.15, 0.2) is 54.7 Å². The van der Waals surface area contributed by atoms with Crippen molar-refractivity contribution in [3.63, 3.8) is 0 Å². The normalized spacial score (nSPS) is 12.8. The molecule has 8 heteroatoms. The van der Waals surface area contributed by atoms with Gasteiger partial charge in [-0.15, -0.1) is 0 Å². The van der Waals surface area contributed by atoms with E-state index in [1.807, 2.05) is 48.3 Å². The minimum absolute atomic E-state index is 0.0856. The minimum atomic E-state index is -0.0856. The van der Waals surface area contributed by atoms with Crippen molar-refractivity contribution in [3.05, 3.63) is 65.9 Å². The van der Waals surface area contributed by atoms with E-state index in [0.717, 1.165) is 37.4 Å². The lowest BCUT2D eigenvalue weighted by atomic mass is 10.0. The monoisotopic (exact) mass is 501 g/mol. The number of pyridine rings is 1. The Bertz CT molecular complexity index is 1290. The minimum Gasteiger partial charge on any atom is -0.495 e. The molecule has 0 fully saturated rings. The molecule has 1 aliphatic heterocycles. The summed E-state index contributed by atoms with van der Waals surface area (Å²) in [5.74, 6) is 1.21. The van der Waals surface area contributed by atoms with Crippen LogP contribution in [0.5, 0.6) is 5.75 Å². The number of hydrogen-bond acceptors (Lipinski definition) is 7. The van der Waals surface area contributed by atoms with Crippen LogP contribution < -0.4 is 19.9 Å². The van der Waals surface area contributed by atoms with Gasteiger partial charge in [0.15, 0.2) is 5.78 Å². The number of nitrogens with one attached hydrogen (secondary N) is 1. The highest BCUT2D eigenvalue weighted by Crippen LogP contribution is 2.40. The number of hydrogen-bond donors (Lipinski definition) is 1. The molecule has 1 N–H and O–H groups in total. The number of anilines is 5. The van der Waals surface area contributed by atoms with Gasteiger partial charge in [-0.1, -0.05) is 26.0 Å². The molecule has 0 radical (unpaired) electrons. The van der Waals surface area contributed by atoms with Crippen LogP contribution in [0.1, 0.15) is 47.4 Å². The van der Waals surface area contributed by atoms with E-state index in [1.165, 1.54) is 0 Å². The predicted molar refractivity (Wildman–Crippen MR) is 149 cm³/mol. The van der Waals surface area contributed by atoms with Crippen LogP contribution in [0.25, 0.3) is 0 Å². The van der Waals surface area contributed by atoms with Crippen molar-refractivity contribution in [1.29, 1.82) is 0 Å². The number of carbonyl (C=O) groups is 2. The molecule has 2 heterocycles. The van der Waals surface area contributed by atoms with Crippen LogP contribution in [0.4, 0.5) is 28.6 Å². The zero-order valence-corrected chi connectivity index (χ0v) is 22.2. The van der Waals surface area contributed by atoms with Gasteiger partial charge in [0.05, 0.1) is 41.6 Å². The van der Waals surface area contributed by atoms with E-state index in [9.17, 15) is 9.59 Å². The van der Waals surface area contributed by atoms with E-state index in [2.05, 4.69) is 29.0 Å². The number of fused-ring (bicyclic) bond motifs is 2. The molecule has 37 heavy (non-hydrogen) atoms. The molecule has 194 valence electrons. The second-order valence-corrected chi connectivity index (χ2v) is 9.09. The summed E-state index contributed by atoms with van der Waals surface area (Å²) in [5, 5.41) is 3.33. The maximum absolute atomic E-state index is 13.1. The van der Waals surface area contributed by atoms with Crippen molar-refractivity contribution in [2.45, 2.75) is 26.7 Å². The first-order chi connectivity index (χ1) is 17.9. The third-order valence-corrected chi connectivity index (χ3v) is 6.94. The van der Waals surface area contributed by atoms with Crippen LogP contribution in [-0.4, -0.2) is 62.4 Å². The molecule has 2 aromatic carbocycles. The molecule has 1 aliphatic rings. The first-order valence-corrected chi connectivity index (χ1v) is 12.7. The lowest BCUT2D eigenvalue weighted by Gasteiger charge is -2.23. The summed E-state index contributed by atoms with van der Waals surface area (Å²) in [5.41, 5.74) is 4.29. The van der Waals surface area contributed by atoms with Gasteiger partial charge in [0, 0.05) is 32.1 Å². The third kappa shape index (κ3) is 5.44. The molecule has 0 saturated heterocycles. The number of rotatable bonds is 10. The molecule has 0 unspecified atom stereocenters. The summed E-state index contributed by atoms with van der Waals surface area (Å²) in [7, 11) is 5.29. The van der Waals surface area contributed by atoms with Gasteiger partial charge >= 0.3 is 0 Å². The molecule has 1 aromatic heterocycles. The average Bonchev–Trinajstić information content (AvgIpc) is 3.00. The van der Waals surface area contributed by atoms with E-state index in [-0.39, 0.29) is 11.7 Å². The van der Waals surface area contributed by atoms with Crippen LogP contribution in [0, 0.1) is 0 Å². The molecule has 3 aromatic rings. The highest BCUT2D eigenvalue weighted by Gasteiger charge is 2.27. The van der Waals surface area contributed by atoms with Crippen molar-refractivity contribution in [3.8, 4) is 5.75 Å². The van der Waals surface area contributed by atoms with Gasteiger partial charge in [0.2, 0.25) is 0 Å². The summed E-state index contributed by atoms with van der Waals surface area (Å²) >= 11 is 0.